The number of aliphatic hydroxyl groups excluding tert-OH is 1. The summed E-state index contributed by atoms with van der Waals surface area (Å²) < 4.78 is 14.9. The van der Waals surface area contributed by atoms with Gasteiger partial charge in [-0.1, -0.05) is 12.1 Å². The number of hydrogen-bond acceptors (Lipinski definition) is 3. The third-order valence-electron chi connectivity index (χ3n) is 3.97. The number of rotatable bonds is 6. The lowest BCUT2D eigenvalue weighted by atomic mass is 10.1. The Morgan fingerprint density at radius 2 is 2.17 bits per heavy atom. The van der Waals surface area contributed by atoms with Crippen molar-refractivity contribution in [2.75, 3.05) is 6.54 Å². The van der Waals surface area contributed by atoms with E-state index in [1.54, 1.807) is 6.07 Å². The number of hydrogen-bond donors (Lipinski definition) is 2. The molecule has 5 nitrogen and oxygen atoms in total. The number of benzene rings is 1. The summed E-state index contributed by atoms with van der Waals surface area (Å²) >= 11 is 0. The Balaban J connectivity index is 1.83. The molecule has 1 heterocycles. The number of aryl methyl sites for hydroxylation is 2. The minimum atomic E-state index is -1.01. The van der Waals surface area contributed by atoms with Gasteiger partial charge in [-0.05, 0) is 43.5 Å². The van der Waals surface area contributed by atoms with Gasteiger partial charge < -0.3 is 10.4 Å². The summed E-state index contributed by atoms with van der Waals surface area (Å²) in [6.45, 7) is 4.41. The zero-order valence-corrected chi connectivity index (χ0v) is 13.6. The summed E-state index contributed by atoms with van der Waals surface area (Å²) in [5, 5.41) is 17.1. The minimum absolute atomic E-state index is 0.0888. The van der Waals surface area contributed by atoms with Crippen LogP contribution in [0.2, 0.25) is 0 Å². The van der Waals surface area contributed by atoms with Crippen molar-refractivity contribution < 1.29 is 14.3 Å². The van der Waals surface area contributed by atoms with Crippen LogP contribution in [0.3, 0.4) is 0 Å². The molecule has 2 N–H and O–H groups in total. The van der Waals surface area contributed by atoms with Gasteiger partial charge in [-0.15, -0.1) is 0 Å². The maximum Gasteiger partial charge on any atom is 0.222 e. The first-order chi connectivity index (χ1) is 10.9. The molecule has 1 atom stereocenters. The first-order valence-electron chi connectivity index (χ1n) is 7.57. The minimum Gasteiger partial charge on any atom is -0.388 e. The topological polar surface area (TPSA) is 67.2 Å². The van der Waals surface area contributed by atoms with E-state index in [1.165, 1.54) is 18.2 Å². The van der Waals surface area contributed by atoms with Gasteiger partial charge >= 0.3 is 0 Å². The summed E-state index contributed by atoms with van der Waals surface area (Å²) in [7, 11) is 1.89. The average molecular weight is 319 g/mol. The molecule has 0 aliphatic heterocycles. The van der Waals surface area contributed by atoms with Crippen molar-refractivity contribution in [3.8, 4) is 0 Å². The van der Waals surface area contributed by atoms with Crippen LogP contribution in [0.15, 0.2) is 24.3 Å². The van der Waals surface area contributed by atoms with Crippen LogP contribution in [0.1, 0.15) is 35.0 Å². The number of carbonyl (C=O) groups is 1. The van der Waals surface area contributed by atoms with Crippen molar-refractivity contribution >= 4 is 5.91 Å². The number of aromatic nitrogens is 2. The van der Waals surface area contributed by atoms with Crippen LogP contribution >= 0.6 is 0 Å². The van der Waals surface area contributed by atoms with E-state index in [2.05, 4.69) is 10.4 Å². The Hall–Kier alpha value is -2.21. The fourth-order valence-electron chi connectivity index (χ4n) is 2.59. The molecule has 0 fully saturated rings. The van der Waals surface area contributed by atoms with Crippen LogP contribution in [0.25, 0.3) is 0 Å². The van der Waals surface area contributed by atoms with Crippen molar-refractivity contribution in [3.05, 3.63) is 52.6 Å². The highest BCUT2D eigenvalue weighted by molar-refractivity contribution is 5.76. The monoisotopic (exact) mass is 319 g/mol. The number of nitrogens with one attached hydrogen (secondary N) is 1. The molecule has 0 radical (unpaired) electrons. The maximum absolute atomic E-state index is 13.1. The highest BCUT2D eigenvalue weighted by Gasteiger charge is 2.14. The van der Waals surface area contributed by atoms with Crippen molar-refractivity contribution in [2.24, 2.45) is 7.05 Å². The Morgan fingerprint density at radius 3 is 2.78 bits per heavy atom. The van der Waals surface area contributed by atoms with Gasteiger partial charge in [0.25, 0.3) is 0 Å². The molecular formula is C17H22FN3O2. The second-order valence-corrected chi connectivity index (χ2v) is 5.65. The lowest BCUT2D eigenvalue weighted by Gasteiger charge is -2.11. The molecule has 1 amide bonds. The van der Waals surface area contributed by atoms with Gasteiger partial charge in [-0.2, -0.15) is 5.10 Å². The first-order valence-corrected chi connectivity index (χ1v) is 7.57. The Bertz CT molecular complexity index is 697. The number of aliphatic hydroxyl groups is 1. The normalized spacial score (nSPS) is 12.2. The quantitative estimate of drug-likeness (QED) is 0.855. The van der Waals surface area contributed by atoms with Crippen molar-refractivity contribution in [3.63, 3.8) is 0 Å². The number of carbonyl (C=O) groups excluding carboxylic acids is 1. The van der Waals surface area contributed by atoms with E-state index in [0.29, 0.717) is 18.5 Å². The smallest absolute Gasteiger partial charge is 0.222 e. The molecule has 1 aromatic carbocycles. The second kappa shape index (κ2) is 7.37. The van der Waals surface area contributed by atoms with Crippen LogP contribution in [0, 0.1) is 19.7 Å². The summed E-state index contributed by atoms with van der Waals surface area (Å²) in [5.41, 5.74) is 3.56. The lowest BCUT2D eigenvalue weighted by Crippen LogP contribution is -2.27. The molecule has 23 heavy (non-hydrogen) atoms. The van der Waals surface area contributed by atoms with Gasteiger partial charge in [0.15, 0.2) is 0 Å². The molecule has 2 aromatic rings. The fourth-order valence-corrected chi connectivity index (χ4v) is 2.59. The molecule has 1 unspecified atom stereocenters. The van der Waals surface area contributed by atoms with Crippen molar-refractivity contribution in [1.82, 2.24) is 15.1 Å². The van der Waals surface area contributed by atoms with Crippen LogP contribution < -0.4 is 5.32 Å². The molecule has 0 saturated carbocycles. The van der Waals surface area contributed by atoms with Gasteiger partial charge in [0.2, 0.25) is 5.91 Å². The number of amides is 1. The van der Waals surface area contributed by atoms with Crippen LogP contribution in [0.5, 0.6) is 0 Å². The molecule has 0 spiro atoms. The maximum atomic E-state index is 13.1. The molecule has 0 aliphatic rings. The van der Waals surface area contributed by atoms with E-state index < -0.39 is 11.9 Å². The SMILES string of the molecule is Cc1nn(C)c(C)c1CCNC(=O)CC(O)c1cccc(F)c1. The Kier molecular flexibility index (Phi) is 5.50. The average Bonchev–Trinajstić information content (AvgIpc) is 2.73. The summed E-state index contributed by atoms with van der Waals surface area (Å²) in [4.78, 5) is 11.9. The van der Waals surface area contributed by atoms with E-state index in [9.17, 15) is 14.3 Å². The molecular weight excluding hydrogens is 297 g/mol. The second-order valence-electron chi connectivity index (χ2n) is 5.65. The highest BCUT2D eigenvalue weighted by atomic mass is 19.1. The van der Waals surface area contributed by atoms with Crippen molar-refractivity contribution in [2.45, 2.75) is 32.8 Å². The van der Waals surface area contributed by atoms with E-state index >= 15 is 0 Å². The predicted octanol–water partition coefficient (Wildman–Crippen LogP) is 1.96. The first kappa shape index (κ1) is 17.1. The standard InChI is InChI=1S/C17H22FN3O2/c1-11-15(12(2)21(3)20-11)7-8-19-17(23)10-16(22)13-5-4-6-14(18)9-13/h4-6,9,16,22H,7-8,10H2,1-3H3,(H,19,23). The molecule has 124 valence electrons. The summed E-state index contributed by atoms with van der Waals surface area (Å²) in [6, 6.07) is 5.65. The molecule has 0 bridgehead atoms. The molecule has 0 aliphatic carbocycles. The van der Waals surface area contributed by atoms with Gasteiger partial charge in [-0.3, -0.25) is 9.48 Å². The van der Waals surface area contributed by atoms with Gasteiger partial charge in [0.1, 0.15) is 5.82 Å². The van der Waals surface area contributed by atoms with Gasteiger partial charge in [0.05, 0.1) is 18.2 Å². The lowest BCUT2D eigenvalue weighted by molar-refractivity contribution is -0.123. The predicted molar refractivity (Wildman–Crippen MR) is 85.4 cm³/mol. The summed E-state index contributed by atoms with van der Waals surface area (Å²) in [5.74, 6) is -0.689. The van der Waals surface area contributed by atoms with E-state index in [4.69, 9.17) is 0 Å². The Morgan fingerprint density at radius 1 is 1.43 bits per heavy atom. The number of nitrogens with zero attached hydrogens (tertiary/aromatic N) is 2. The molecule has 0 saturated heterocycles. The molecule has 1 aromatic heterocycles. The zero-order chi connectivity index (χ0) is 17.0. The van der Waals surface area contributed by atoms with Gasteiger partial charge in [-0.25, -0.2) is 4.39 Å². The van der Waals surface area contributed by atoms with Crippen molar-refractivity contribution in [1.29, 1.82) is 0 Å². The third kappa shape index (κ3) is 4.39. The van der Waals surface area contributed by atoms with Crippen LogP contribution in [-0.2, 0) is 18.3 Å². The third-order valence-corrected chi connectivity index (χ3v) is 3.97. The Labute approximate surface area is 135 Å². The van der Waals surface area contributed by atoms with E-state index in [-0.39, 0.29) is 12.3 Å². The zero-order valence-electron chi connectivity index (χ0n) is 13.6. The van der Waals surface area contributed by atoms with E-state index in [0.717, 1.165) is 17.0 Å². The largest absolute Gasteiger partial charge is 0.388 e. The fraction of sp³-hybridized carbons (Fsp3) is 0.412. The van der Waals surface area contributed by atoms with Crippen LogP contribution in [-0.4, -0.2) is 27.3 Å². The number of halogens is 1. The molecule has 2 rings (SSSR count). The van der Waals surface area contributed by atoms with Crippen LogP contribution in [0.4, 0.5) is 4.39 Å². The highest BCUT2D eigenvalue weighted by Crippen LogP contribution is 2.17. The molecule has 6 heteroatoms. The van der Waals surface area contributed by atoms with E-state index in [1.807, 2.05) is 25.6 Å². The van der Waals surface area contributed by atoms with Gasteiger partial charge in [0, 0.05) is 19.3 Å². The summed E-state index contributed by atoms with van der Waals surface area (Å²) in [6.07, 6.45) is -0.408.